The van der Waals surface area contributed by atoms with Gasteiger partial charge in [-0.3, -0.25) is 0 Å². The van der Waals surface area contributed by atoms with E-state index in [0.717, 1.165) is 25.9 Å². The van der Waals surface area contributed by atoms with Crippen molar-refractivity contribution in [3.05, 3.63) is 5.32 Å². The Bertz CT molecular complexity index is 59.6. The van der Waals surface area contributed by atoms with Crippen molar-refractivity contribution < 1.29 is 51.4 Å². The average molecular weight is 168 g/mol. The van der Waals surface area contributed by atoms with E-state index < -0.39 is 0 Å². The average Bonchev–Trinajstić information content (AvgIpc) is 1.89. The Morgan fingerprint density at radius 1 is 1.40 bits per heavy atom. The Hall–Kier alpha value is 1.56. The van der Waals surface area contributed by atoms with Gasteiger partial charge >= 0.3 is 51.4 Å². The van der Waals surface area contributed by atoms with Crippen LogP contribution in [0.5, 0.6) is 0 Å². The van der Waals surface area contributed by atoms with Crippen LogP contribution in [0.4, 0.5) is 0 Å². The molecule has 0 aromatic heterocycles. The molecule has 0 rings (SSSR count). The first kappa shape index (κ1) is 14.1. The van der Waals surface area contributed by atoms with E-state index >= 15 is 0 Å². The molecule has 1 unspecified atom stereocenters. The largest absolute Gasteiger partial charge is 1.00 e. The van der Waals surface area contributed by atoms with E-state index in [1.165, 1.54) is 0 Å². The Kier molecular flexibility index (Phi) is 14.9. The summed E-state index contributed by atoms with van der Waals surface area (Å²) in [5.74, 6) is 0. The third kappa shape index (κ3) is 9.56. The van der Waals surface area contributed by atoms with Gasteiger partial charge in [0.15, 0.2) is 0 Å². The molecule has 0 spiro atoms. The normalized spacial score (nSPS) is 12.3. The molecule has 2 N–H and O–H groups in total. The number of hydrogen-bond donors (Lipinski definition) is 1. The molecule has 2 nitrogen and oxygen atoms in total. The van der Waals surface area contributed by atoms with Gasteiger partial charge in [0.1, 0.15) is 0 Å². The predicted octanol–water partition coefficient (Wildman–Crippen LogP) is -1.49. The molecule has 0 saturated heterocycles. The van der Waals surface area contributed by atoms with Gasteiger partial charge in [-0.25, -0.2) is 0 Å². The van der Waals surface area contributed by atoms with Crippen molar-refractivity contribution in [3.63, 3.8) is 0 Å². The zero-order valence-electron chi connectivity index (χ0n) is 7.43. The first-order valence-electron chi connectivity index (χ1n) is 3.70. The number of hydrogen-bond acceptors (Lipinski definition) is 1. The summed E-state index contributed by atoms with van der Waals surface area (Å²) in [5, 5.41) is 4.18. The third-order valence-electron chi connectivity index (χ3n) is 1.41. The maximum atomic E-state index is 5.65. The molecule has 0 heterocycles. The smallest absolute Gasteiger partial charge is 0.662 e. The molecule has 0 aliphatic heterocycles. The van der Waals surface area contributed by atoms with Crippen molar-refractivity contribution >= 4 is 0 Å². The Morgan fingerprint density at radius 2 is 2.00 bits per heavy atom. The zero-order valence-corrected chi connectivity index (χ0v) is 10.6. The van der Waals surface area contributed by atoms with Gasteiger partial charge in [-0.05, 0) is 6.42 Å². The summed E-state index contributed by atoms with van der Waals surface area (Å²) in [6, 6.07) is 0.361. The van der Waals surface area contributed by atoms with E-state index in [9.17, 15) is 0 Å². The monoisotopic (exact) mass is 168 g/mol. The van der Waals surface area contributed by atoms with Crippen LogP contribution in [0.3, 0.4) is 0 Å². The van der Waals surface area contributed by atoms with Crippen LogP contribution in [0.25, 0.3) is 5.32 Å². The molecule has 0 aliphatic carbocycles. The van der Waals surface area contributed by atoms with E-state index in [-0.39, 0.29) is 51.4 Å². The summed E-state index contributed by atoms with van der Waals surface area (Å²) < 4.78 is 0. The molecule has 0 bridgehead atoms. The second-order valence-electron chi connectivity index (χ2n) is 2.22. The van der Waals surface area contributed by atoms with Gasteiger partial charge < -0.3 is 11.1 Å². The summed E-state index contributed by atoms with van der Waals surface area (Å²) in [6.45, 7) is 6.02. The van der Waals surface area contributed by atoms with Crippen LogP contribution in [0.2, 0.25) is 0 Å². The molecule has 0 fully saturated rings. The van der Waals surface area contributed by atoms with Crippen LogP contribution >= 0.6 is 0 Å². The fourth-order valence-corrected chi connectivity index (χ4v) is 0.619. The maximum Gasteiger partial charge on any atom is 1.00 e. The zero-order chi connectivity index (χ0) is 7.11. The summed E-state index contributed by atoms with van der Waals surface area (Å²) in [7, 11) is 0. The van der Waals surface area contributed by atoms with Crippen molar-refractivity contribution in [1.82, 2.24) is 0 Å². The molecule has 56 valence electrons. The van der Waals surface area contributed by atoms with Crippen LogP contribution < -0.4 is 57.1 Å². The molecule has 0 aliphatic rings. The molecule has 0 aromatic carbocycles. The quantitative estimate of drug-likeness (QED) is 0.394. The van der Waals surface area contributed by atoms with Gasteiger partial charge in [-0.2, -0.15) is 6.54 Å². The minimum atomic E-state index is 0. The van der Waals surface area contributed by atoms with Gasteiger partial charge in [-0.15, -0.1) is 6.54 Å². The van der Waals surface area contributed by atoms with Gasteiger partial charge in [-0.1, -0.05) is 20.3 Å². The van der Waals surface area contributed by atoms with Gasteiger partial charge in [0, 0.05) is 6.04 Å². The molecule has 0 radical (unpaired) electrons. The molecule has 0 saturated carbocycles. The summed E-state index contributed by atoms with van der Waals surface area (Å²) in [6.07, 6.45) is 2.11. The summed E-state index contributed by atoms with van der Waals surface area (Å²) in [5.41, 5.74) is 5.65. The van der Waals surface area contributed by atoms with Gasteiger partial charge in [0.25, 0.3) is 0 Å². The molecular weight excluding hydrogens is 151 g/mol. The number of nitrogens with two attached hydrogens (primary N) is 1. The fourth-order valence-electron chi connectivity index (χ4n) is 0.619. The number of rotatable bonds is 5. The second-order valence-corrected chi connectivity index (χ2v) is 2.22. The second kappa shape index (κ2) is 10.6. The van der Waals surface area contributed by atoms with E-state index in [4.69, 9.17) is 5.73 Å². The van der Waals surface area contributed by atoms with Crippen LogP contribution in [-0.2, 0) is 0 Å². The van der Waals surface area contributed by atoms with Crippen molar-refractivity contribution in [2.45, 2.75) is 32.7 Å². The minimum Gasteiger partial charge on any atom is -0.662 e. The predicted molar refractivity (Wildman–Crippen MR) is 41.7 cm³/mol. The summed E-state index contributed by atoms with van der Waals surface area (Å²) in [4.78, 5) is 0. The van der Waals surface area contributed by atoms with Crippen molar-refractivity contribution in [3.8, 4) is 0 Å². The van der Waals surface area contributed by atoms with Crippen molar-refractivity contribution in [2.75, 3.05) is 13.1 Å². The SMILES string of the molecule is CC[N-]CCC(N)CC.[K+]. The van der Waals surface area contributed by atoms with Crippen LogP contribution in [0.15, 0.2) is 0 Å². The third-order valence-corrected chi connectivity index (χ3v) is 1.41. The van der Waals surface area contributed by atoms with Crippen molar-refractivity contribution in [1.29, 1.82) is 0 Å². The van der Waals surface area contributed by atoms with E-state index in [1.54, 1.807) is 0 Å². The standard InChI is InChI=1S/C7H17N2.K/c1-3-7(8)5-6-9-4-2;/h7H,3-6,8H2,1-2H3;/q-1;+1. The molecule has 10 heavy (non-hydrogen) atoms. The van der Waals surface area contributed by atoms with Gasteiger partial charge in [0.2, 0.25) is 0 Å². The Balaban J connectivity index is 0. The molecular formula is C7H17KN2. The Morgan fingerprint density at radius 3 is 2.40 bits per heavy atom. The molecule has 1 atom stereocenters. The maximum absolute atomic E-state index is 5.65. The molecule has 3 heteroatoms. The van der Waals surface area contributed by atoms with E-state index in [2.05, 4.69) is 19.2 Å². The topological polar surface area (TPSA) is 40.1 Å². The van der Waals surface area contributed by atoms with Gasteiger partial charge in [0.05, 0.1) is 0 Å². The fraction of sp³-hybridized carbons (Fsp3) is 1.00. The Labute approximate surface area is 107 Å². The first-order valence-corrected chi connectivity index (χ1v) is 3.70. The number of nitrogens with zero attached hydrogens (tertiary/aromatic N) is 1. The van der Waals surface area contributed by atoms with Crippen LogP contribution in [0, 0.1) is 0 Å². The van der Waals surface area contributed by atoms with Crippen LogP contribution in [0.1, 0.15) is 26.7 Å². The van der Waals surface area contributed by atoms with E-state index in [1.807, 2.05) is 0 Å². The molecule has 0 aromatic rings. The van der Waals surface area contributed by atoms with E-state index in [0.29, 0.717) is 6.04 Å². The molecule has 0 amide bonds. The first-order chi connectivity index (χ1) is 4.31. The summed E-state index contributed by atoms with van der Waals surface area (Å²) >= 11 is 0. The minimum absolute atomic E-state index is 0. The van der Waals surface area contributed by atoms with Crippen molar-refractivity contribution in [2.24, 2.45) is 5.73 Å². The van der Waals surface area contributed by atoms with Crippen LogP contribution in [-0.4, -0.2) is 19.1 Å².